The fraction of sp³-hybridized carbons (Fsp3) is 0.600. The molecule has 74 valence electrons. The van der Waals surface area contributed by atoms with Gasteiger partial charge in [-0.3, -0.25) is 0 Å². The molecule has 1 N–H and O–H groups in total. The maximum atomic E-state index is 3.44. The summed E-state index contributed by atoms with van der Waals surface area (Å²) in [7, 11) is 0. The minimum atomic E-state index is 1.12. The van der Waals surface area contributed by atoms with E-state index < -0.39 is 0 Å². The van der Waals surface area contributed by atoms with Crippen molar-refractivity contribution in [1.29, 1.82) is 0 Å². The van der Waals surface area contributed by atoms with Gasteiger partial charge in [0.05, 0.1) is 0 Å². The Kier molecular flexibility index (Phi) is 6.33. The molecule has 1 rings (SSSR count). The molecule has 0 spiro atoms. The lowest BCUT2D eigenvalue weighted by Crippen LogP contribution is -2.19. The molecule has 0 aliphatic carbocycles. The van der Waals surface area contributed by atoms with Crippen molar-refractivity contribution in [2.24, 2.45) is 0 Å². The molecule has 3 heteroatoms. The van der Waals surface area contributed by atoms with Gasteiger partial charge in [0.15, 0.2) is 0 Å². The highest BCUT2D eigenvalue weighted by atomic mass is 32.2. The predicted molar refractivity (Wildman–Crippen MR) is 63.9 cm³/mol. The molecule has 0 unspecified atom stereocenters. The first-order valence-corrected chi connectivity index (χ1v) is 6.77. The van der Waals surface area contributed by atoms with Gasteiger partial charge in [0.1, 0.15) is 0 Å². The summed E-state index contributed by atoms with van der Waals surface area (Å²) in [6.07, 6.45) is 1.18. The molecule has 13 heavy (non-hydrogen) atoms. The summed E-state index contributed by atoms with van der Waals surface area (Å²) in [5.41, 5.74) is 0. The van der Waals surface area contributed by atoms with E-state index in [-0.39, 0.29) is 0 Å². The monoisotopic (exact) mass is 215 g/mol. The number of thiophene rings is 1. The van der Waals surface area contributed by atoms with Crippen LogP contribution in [-0.4, -0.2) is 24.6 Å². The first-order chi connectivity index (χ1) is 6.43. The van der Waals surface area contributed by atoms with Gasteiger partial charge < -0.3 is 5.32 Å². The molecule has 0 saturated heterocycles. The molecule has 1 heterocycles. The van der Waals surface area contributed by atoms with E-state index in [0.717, 1.165) is 13.1 Å². The fourth-order valence-corrected chi connectivity index (χ4v) is 2.37. The second-order valence-corrected chi connectivity index (χ2v) is 5.20. The standard InChI is InChI=1S/C10H17NS2/c1-2-12-9-7-11-6-5-10-4-3-8-13-10/h3-4,8,11H,2,5-7,9H2,1H3. The van der Waals surface area contributed by atoms with Gasteiger partial charge in [0, 0.05) is 17.2 Å². The van der Waals surface area contributed by atoms with Crippen molar-refractivity contribution in [3.63, 3.8) is 0 Å². The summed E-state index contributed by atoms with van der Waals surface area (Å²) in [4.78, 5) is 1.48. The van der Waals surface area contributed by atoms with Crippen LogP contribution in [0, 0.1) is 0 Å². The Balaban J connectivity index is 1.90. The van der Waals surface area contributed by atoms with Crippen LogP contribution in [0.4, 0.5) is 0 Å². The lowest BCUT2D eigenvalue weighted by atomic mass is 10.3. The van der Waals surface area contributed by atoms with Crippen LogP contribution in [0.5, 0.6) is 0 Å². The molecule has 0 radical (unpaired) electrons. The Morgan fingerprint density at radius 3 is 3.08 bits per heavy atom. The minimum absolute atomic E-state index is 1.12. The summed E-state index contributed by atoms with van der Waals surface area (Å²) < 4.78 is 0. The van der Waals surface area contributed by atoms with E-state index in [0.29, 0.717) is 0 Å². The van der Waals surface area contributed by atoms with E-state index in [9.17, 15) is 0 Å². The number of nitrogens with one attached hydrogen (secondary N) is 1. The Bertz CT molecular complexity index is 197. The maximum absolute atomic E-state index is 3.44. The Morgan fingerprint density at radius 2 is 2.38 bits per heavy atom. The Hall–Kier alpha value is 0.01000. The van der Waals surface area contributed by atoms with Crippen LogP contribution in [0.25, 0.3) is 0 Å². The van der Waals surface area contributed by atoms with Gasteiger partial charge in [-0.2, -0.15) is 11.8 Å². The first-order valence-electron chi connectivity index (χ1n) is 4.74. The molecular formula is C10H17NS2. The quantitative estimate of drug-likeness (QED) is 0.702. The molecule has 1 aromatic rings. The van der Waals surface area contributed by atoms with Crippen molar-refractivity contribution in [1.82, 2.24) is 5.32 Å². The highest BCUT2D eigenvalue weighted by Crippen LogP contribution is 2.07. The van der Waals surface area contributed by atoms with Crippen LogP contribution >= 0.6 is 23.1 Å². The molecular weight excluding hydrogens is 198 g/mol. The molecule has 1 aromatic heterocycles. The highest BCUT2D eigenvalue weighted by molar-refractivity contribution is 7.99. The molecule has 0 aliphatic heterocycles. The normalized spacial score (nSPS) is 10.5. The zero-order valence-corrected chi connectivity index (χ0v) is 9.72. The summed E-state index contributed by atoms with van der Waals surface area (Å²) in [6, 6.07) is 4.32. The number of rotatable bonds is 7. The van der Waals surface area contributed by atoms with Gasteiger partial charge in [-0.15, -0.1) is 11.3 Å². The molecule has 0 aromatic carbocycles. The smallest absolute Gasteiger partial charge is 0.00580 e. The molecule has 0 aliphatic rings. The minimum Gasteiger partial charge on any atom is -0.316 e. The Labute approximate surface area is 88.9 Å². The largest absolute Gasteiger partial charge is 0.316 e. The Morgan fingerprint density at radius 1 is 1.46 bits per heavy atom. The molecule has 0 fully saturated rings. The van der Waals surface area contributed by atoms with E-state index in [1.807, 2.05) is 23.1 Å². The number of hydrogen-bond acceptors (Lipinski definition) is 3. The van der Waals surface area contributed by atoms with E-state index in [4.69, 9.17) is 0 Å². The third kappa shape index (κ3) is 5.34. The van der Waals surface area contributed by atoms with Gasteiger partial charge in [0.2, 0.25) is 0 Å². The number of thioether (sulfide) groups is 1. The third-order valence-electron chi connectivity index (χ3n) is 1.76. The average molecular weight is 215 g/mol. The predicted octanol–water partition coefficient (Wildman–Crippen LogP) is 2.63. The summed E-state index contributed by atoms with van der Waals surface area (Å²) in [6.45, 7) is 4.46. The van der Waals surface area contributed by atoms with Gasteiger partial charge in [-0.25, -0.2) is 0 Å². The maximum Gasteiger partial charge on any atom is 0.00580 e. The van der Waals surface area contributed by atoms with E-state index in [1.165, 1.54) is 22.8 Å². The molecule has 0 amide bonds. The van der Waals surface area contributed by atoms with Crippen molar-refractivity contribution < 1.29 is 0 Å². The summed E-state index contributed by atoms with van der Waals surface area (Å²) >= 11 is 3.84. The molecule has 0 atom stereocenters. The topological polar surface area (TPSA) is 12.0 Å². The number of hydrogen-bond donors (Lipinski definition) is 1. The third-order valence-corrected chi connectivity index (χ3v) is 3.59. The second-order valence-electron chi connectivity index (χ2n) is 2.78. The van der Waals surface area contributed by atoms with E-state index in [1.54, 1.807) is 0 Å². The average Bonchev–Trinajstić information content (AvgIpc) is 2.63. The molecule has 0 bridgehead atoms. The van der Waals surface area contributed by atoms with Crippen molar-refractivity contribution in [3.8, 4) is 0 Å². The van der Waals surface area contributed by atoms with Crippen LogP contribution in [0.2, 0.25) is 0 Å². The summed E-state index contributed by atoms with van der Waals surface area (Å²) in [5, 5.41) is 5.59. The lowest BCUT2D eigenvalue weighted by Gasteiger charge is -2.02. The van der Waals surface area contributed by atoms with Crippen LogP contribution < -0.4 is 5.32 Å². The van der Waals surface area contributed by atoms with E-state index in [2.05, 4.69) is 29.8 Å². The summed E-state index contributed by atoms with van der Waals surface area (Å²) in [5.74, 6) is 2.47. The zero-order chi connectivity index (χ0) is 9.36. The molecule has 0 saturated carbocycles. The van der Waals surface area contributed by atoms with Gasteiger partial charge in [-0.1, -0.05) is 13.0 Å². The first kappa shape index (κ1) is 11.1. The van der Waals surface area contributed by atoms with Crippen molar-refractivity contribution >= 4 is 23.1 Å². The van der Waals surface area contributed by atoms with Gasteiger partial charge >= 0.3 is 0 Å². The van der Waals surface area contributed by atoms with Crippen LogP contribution in [0.1, 0.15) is 11.8 Å². The zero-order valence-electron chi connectivity index (χ0n) is 8.08. The van der Waals surface area contributed by atoms with Crippen LogP contribution in [-0.2, 0) is 6.42 Å². The van der Waals surface area contributed by atoms with Crippen LogP contribution in [0.15, 0.2) is 17.5 Å². The van der Waals surface area contributed by atoms with Crippen molar-refractivity contribution in [3.05, 3.63) is 22.4 Å². The van der Waals surface area contributed by atoms with Gasteiger partial charge in [0.25, 0.3) is 0 Å². The van der Waals surface area contributed by atoms with Crippen molar-refractivity contribution in [2.75, 3.05) is 24.6 Å². The molecule has 1 nitrogen and oxygen atoms in total. The van der Waals surface area contributed by atoms with Gasteiger partial charge in [-0.05, 0) is 30.2 Å². The lowest BCUT2D eigenvalue weighted by molar-refractivity contribution is 0.726. The fourth-order valence-electron chi connectivity index (χ4n) is 1.08. The highest BCUT2D eigenvalue weighted by Gasteiger charge is 1.92. The van der Waals surface area contributed by atoms with Crippen LogP contribution in [0.3, 0.4) is 0 Å². The van der Waals surface area contributed by atoms with E-state index >= 15 is 0 Å². The SMILES string of the molecule is CCSCCNCCc1cccs1. The second kappa shape index (κ2) is 7.42. The van der Waals surface area contributed by atoms with Crippen molar-refractivity contribution in [2.45, 2.75) is 13.3 Å².